The van der Waals surface area contributed by atoms with Gasteiger partial charge in [0.1, 0.15) is 0 Å². The van der Waals surface area contributed by atoms with E-state index in [0.717, 1.165) is 17.0 Å². The zero-order chi connectivity index (χ0) is 17.9. The molecular weight excluding hydrogens is 363 g/mol. The summed E-state index contributed by atoms with van der Waals surface area (Å²) < 4.78 is 38.5. The van der Waals surface area contributed by atoms with E-state index >= 15 is 0 Å². The summed E-state index contributed by atoms with van der Waals surface area (Å²) in [6, 6.07) is 3.07. The number of amides is 3. The minimum Gasteiger partial charge on any atom is -0.326 e. The number of nitrogens with zero attached hydrogens (tertiary/aromatic N) is 1. The lowest BCUT2D eigenvalue weighted by Crippen LogP contribution is -2.32. The van der Waals surface area contributed by atoms with Gasteiger partial charge in [0.15, 0.2) is 0 Å². The second-order valence-corrected chi connectivity index (χ2v) is 5.36. The molecule has 25 heavy (non-hydrogen) atoms. The van der Waals surface area contributed by atoms with Crippen LogP contribution in [0.15, 0.2) is 18.2 Å². The molecule has 1 fully saturated rings. The lowest BCUT2D eigenvalue weighted by molar-refractivity contribution is -0.139. The normalized spacial score (nSPS) is 14.5. The van der Waals surface area contributed by atoms with Gasteiger partial charge in [-0.15, -0.1) is 12.4 Å². The third-order valence-electron chi connectivity index (χ3n) is 3.56. The maximum atomic E-state index is 12.8. The Bertz CT molecular complexity index is 664. The van der Waals surface area contributed by atoms with E-state index in [-0.39, 0.29) is 67.8 Å². The van der Waals surface area contributed by atoms with Crippen LogP contribution >= 0.6 is 12.4 Å². The molecule has 1 aliphatic heterocycles. The Labute approximate surface area is 147 Å². The summed E-state index contributed by atoms with van der Waals surface area (Å²) in [6.07, 6.45) is -4.51. The lowest BCUT2D eigenvalue weighted by atomic mass is 10.1. The topological polar surface area (TPSA) is 92.5 Å². The summed E-state index contributed by atoms with van der Waals surface area (Å²) in [5.74, 6) is -1.29. The largest absolute Gasteiger partial charge is 0.416 e. The lowest BCUT2D eigenvalue weighted by Gasteiger charge is -2.15. The molecule has 1 aromatic rings. The number of carbonyl (C=O) groups is 3. The number of likely N-dealkylation sites (tertiary alicyclic amines) is 1. The van der Waals surface area contributed by atoms with E-state index in [0.29, 0.717) is 0 Å². The van der Waals surface area contributed by atoms with Crippen molar-refractivity contribution >= 4 is 35.8 Å². The molecule has 1 aromatic carbocycles. The van der Waals surface area contributed by atoms with Crippen LogP contribution in [0.2, 0.25) is 0 Å². The number of alkyl halides is 3. The van der Waals surface area contributed by atoms with Gasteiger partial charge in [-0.1, -0.05) is 0 Å². The highest BCUT2D eigenvalue weighted by atomic mass is 35.5. The molecule has 0 spiro atoms. The average Bonchev–Trinajstić information content (AvgIpc) is 2.82. The molecule has 3 amide bonds. The number of nitrogens with one attached hydrogen (secondary N) is 1. The molecule has 0 radical (unpaired) electrons. The monoisotopic (exact) mass is 379 g/mol. The third-order valence-corrected chi connectivity index (χ3v) is 3.56. The standard InChI is InChI=1S/C15H16F3N3O3.ClH/c16-15(17,18)10-5-9(8-19)6-11(7-10)20-12(22)3-4-21-13(23)1-2-14(21)24;/h5-7H,1-4,8,19H2,(H,20,22);1H. The fourth-order valence-electron chi connectivity index (χ4n) is 2.35. The molecule has 0 saturated carbocycles. The summed E-state index contributed by atoms with van der Waals surface area (Å²) in [7, 11) is 0. The number of halogens is 4. The molecule has 3 N–H and O–H groups in total. The Morgan fingerprint density at radius 2 is 1.76 bits per heavy atom. The molecule has 10 heteroatoms. The van der Waals surface area contributed by atoms with Crippen LogP contribution in [0.1, 0.15) is 30.4 Å². The molecule has 1 heterocycles. The summed E-state index contributed by atoms with van der Waals surface area (Å²) in [6.45, 7) is -0.199. The van der Waals surface area contributed by atoms with E-state index < -0.39 is 17.6 Å². The summed E-state index contributed by atoms with van der Waals surface area (Å²) >= 11 is 0. The summed E-state index contributed by atoms with van der Waals surface area (Å²) in [5.41, 5.74) is 4.65. The van der Waals surface area contributed by atoms with Gasteiger partial charge in [-0.3, -0.25) is 19.3 Å². The number of hydrogen-bond acceptors (Lipinski definition) is 4. The molecule has 0 aliphatic carbocycles. The second kappa shape index (κ2) is 8.30. The van der Waals surface area contributed by atoms with Crippen LogP contribution in [0.25, 0.3) is 0 Å². The van der Waals surface area contributed by atoms with Gasteiger partial charge in [0.05, 0.1) is 5.56 Å². The van der Waals surface area contributed by atoms with Crippen LogP contribution in [0.5, 0.6) is 0 Å². The van der Waals surface area contributed by atoms with Crippen molar-refractivity contribution in [2.75, 3.05) is 11.9 Å². The van der Waals surface area contributed by atoms with Gasteiger partial charge in [0.2, 0.25) is 17.7 Å². The van der Waals surface area contributed by atoms with E-state index in [1.807, 2.05) is 0 Å². The van der Waals surface area contributed by atoms with E-state index in [1.165, 1.54) is 6.07 Å². The van der Waals surface area contributed by atoms with Crippen molar-refractivity contribution < 1.29 is 27.6 Å². The van der Waals surface area contributed by atoms with Crippen LogP contribution in [0, 0.1) is 0 Å². The van der Waals surface area contributed by atoms with Crippen molar-refractivity contribution in [1.82, 2.24) is 4.90 Å². The first kappa shape index (κ1) is 20.9. The highest BCUT2D eigenvalue weighted by molar-refractivity contribution is 6.02. The molecule has 2 rings (SSSR count). The highest BCUT2D eigenvalue weighted by Crippen LogP contribution is 2.32. The molecular formula is C15H17ClF3N3O3. The molecule has 138 valence electrons. The minimum atomic E-state index is -4.56. The summed E-state index contributed by atoms with van der Waals surface area (Å²) in [5, 5.41) is 2.34. The fourth-order valence-corrected chi connectivity index (χ4v) is 2.35. The number of anilines is 1. The van der Waals surface area contributed by atoms with Gasteiger partial charge in [-0.25, -0.2) is 0 Å². The van der Waals surface area contributed by atoms with Gasteiger partial charge < -0.3 is 11.1 Å². The molecule has 6 nitrogen and oxygen atoms in total. The second-order valence-electron chi connectivity index (χ2n) is 5.36. The van der Waals surface area contributed by atoms with Crippen LogP contribution in [0.3, 0.4) is 0 Å². The van der Waals surface area contributed by atoms with Crippen LogP contribution in [-0.4, -0.2) is 29.2 Å². The zero-order valence-electron chi connectivity index (χ0n) is 13.1. The van der Waals surface area contributed by atoms with E-state index in [1.54, 1.807) is 0 Å². The van der Waals surface area contributed by atoms with Gasteiger partial charge in [0.25, 0.3) is 0 Å². The number of nitrogens with two attached hydrogens (primary N) is 1. The zero-order valence-corrected chi connectivity index (χ0v) is 13.9. The quantitative estimate of drug-likeness (QED) is 0.766. The molecule has 0 atom stereocenters. The first-order valence-electron chi connectivity index (χ1n) is 7.25. The van der Waals surface area contributed by atoms with E-state index in [4.69, 9.17) is 5.73 Å². The Morgan fingerprint density at radius 1 is 1.16 bits per heavy atom. The highest BCUT2D eigenvalue weighted by Gasteiger charge is 2.31. The number of carbonyl (C=O) groups excluding carboxylic acids is 3. The van der Waals surface area contributed by atoms with Crippen molar-refractivity contribution in [3.8, 4) is 0 Å². The van der Waals surface area contributed by atoms with Gasteiger partial charge in [-0.05, 0) is 23.8 Å². The molecule has 1 saturated heterocycles. The minimum absolute atomic E-state index is 0. The van der Waals surface area contributed by atoms with Crippen molar-refractivity contribution in [2.45, 2.75) is 32.0 Å². The Balaban J connectivity index is 0.00000312. The molecule has 0 unspecified atom stereocenters. The van der Waals surface area contributed by atoms with Gasteiger partial charge >= 0.3 is 6.18 Å². The first-order chi connectivity index (χ1) is 11.2. The Morgan fingerprint density at radius 3 is 2.28 bits per heavy atom. The van der Waals surface area contributed by atoms with Crippen molar-refractivity contribution in [1.29, 1.82) is 0 Å². The molecule has 1 aliphatic rings. The van der Waals surface area contributed by atoms with Crippen molar-refractivity contribution in [2.24, 2.45) is 5.73 Å². The molecule has 0 bridgehead atoms. The SMILES string of the molecule is Cl.NCc1cc(NC(=O)CCN2C(=O)CCC2=O)cc(C(F)(F)F)c1. The summed E-state index contributed by atoms with van der Waals surface area (Å²) in [4.78, 5) is 35.7. The number of benzene rings is 1. The molecule has 0 aromatic heterocycles. The first-order valence-corrected chi connectivity index (χ1v) is 7.25. The smallest absolute Gasteiger partial charge is 0.326 e. The Hall–Kier alpha value is -2.13. The maximum Gasteiger partial charge on any atom is 0.416 e. The maximum absolute atomic E-state index is 12.8. The number of hydrogen-bond donors (Lipinski definition) is 2. The Kier molecular flexibility index (Phi) is 6.95. The van der Waals surface area contributed by atoms with Crippen LogP contribution < -0.4 is 11.1 Å². The van der Waals surface area contributed by atoms with E-state index in [9.17, 15) is 27.6 Å². The average molecular weight is 380 g/mol. The third kappa shape index (κ3) is 5.43. The predicted octanol–water partition coefficient (Wildman–Crippen LogP) is 2.06. The van der Waals surface area contributed by atoms with Gasteiger partial charge in [-0.2, -0.15) is 13.2 Å². The van der Waals surface area contributed by atoms with E-state index in [2.05, 4.69) is 5.32 Å². The fraction of sp³-hybridized carbons (Fsp3) is 0.400. The predicted molar refractivity (Wildman–Crippen MR) is 85.8 cm³/mol. The number of imide groups is 1. The number of rotatable bonds is 5. The van der Waals surface area contributed by atoms with Crippen molar-refractivity contribution in [3.05, 3.63) is 29.3 Å². The van der Waals surface area contributed by atoms with Crippen molar-refractivity contribution in [3.63, 3.8) is 0 Å². The van der Waals surface area contributed by atoms with Gasteiger partial charge in [0, 0.05) is 38.0 Å². The van der Waals surface area contributed by atoms with Crippen LogP contribution in [-0.2, 0) is 27.1 Å². The van der Waals surface area contributed by atoms with Crippen LogP contribution in [0.4, 0.5) is 18.9 Å².